The molecule has 2 aromatic carbocycles. The topological polar surface area (TPSA) is 97.1 Å². The number of carbonyl (C=O) groups excluding carboxylic acids is 2. The summed E-state index contributed by atoms with van der Waals surface area (Å²) in [6.45, 7) is 0.913. The van der Waals surface area contributed by atoms with E-state index in [9.17, 15) is 9.59 Å². The van der Waals surface area contributed by atoms with Crippen LogP contribution in [0.2, 0.25) is 5.15 Å². The zero-order chi connectivity index (χ0) is 20.6. The second-order valence-corrected chi connectivity index (χ2v) is 6.84. The first-order chi connectivity index (χ1) is 14.0. The van der Waals surface area contributed by atoms with Gasteiger partial charge in [-0.3, -0.25) is 9.59 Å². The molecule has 0 aliphatic heterocycles. The van der Waals surface area contributed by atoms with Crippen LogP contribution in [0, 0.1) is 0 Å². The van der Waals surface area contributed by atoms with Crippen LogP contribution in [0.4, 0.5) is 5.69 Å². The van der Waals surface area contributed by atoms with E-state index in [2.05, 4.69) is 15.6 Å². The Morgan fingerprint density at radius 1 is 0.966 bits per heavy atom. The van der Waals surface area contributed by atoms with Crippen molar-refractivity contribution >= 4 is 29.1 Å². The number of para-hydroxylation sites is 1. The number of rotatable bonds is 7. The Kier molecular flexibility index (Phi) is 6.94. The van der Waals surface area contributed by atoms with Crippen LogP contribution in [0.3, 0.4) is 0 Å². The Morgan fingerprint density at radius 3 is 2.38 bits per heavy atom. The molecule has 29 heavy (non-hydrogen) atoms. The van der Waals surface area contributed by atoms with Crippen molar-refractivity contribution in [2.24, 2.45) is 5.73 Å². The molecule has 0 bridgehead atoms. The van der Waals surface area contributed by atoms with E-state index in [1.807, 2.05) is 36.4 Å². The van der Waals surface area contributed by atoms with Crippen molar-refractivity contribution in [1.29, 1.82) is 0 Å². The zero-order valence-electron chi connectivity index (χ0n) is 15.7. The smallest absolute Gasteiger partial charge is 0.257 e. The predicted octanol–water partition coefficient (Wildman–Crippen LogP) is 3.30. The lowest BCUT2D eigenvalue weighted by atomic mass is 10.1. The molecule has 0 aliphatic rings. The van der Waals surface area contributed by atoms with Crippen molar-refractivity contribution in [3.05, 3.63) is 94.3 Å². The number of nitrogens with two attached hydrogens (primary N) is 1. The summed E-state index contributed by atoms with van der Waals surface area (Å²) in [4.78, 5) is 28.7. The SMILES string of the molecule is NCc1ccc(CNC(=O)Cc2ccccc2NC(=O)c2ccc(Cl)nc2)cc1. The standard InChI is InChI=1S/C22H21ClN4O2/c23-20-10-9-18(14-25-20)22(29)27-19-4-2-1-3-17(19)11-21(28)26-13-16-7-5-15(12-24)6-8-16/h1-10,14H,11-13,24H2,(H,26,28)(H,27,29). The third-order valence-corrected chi connectivity index (χ3v) is 4.58. The van der Waals surface area contributed by atoms with Gasteiger partial charge in [0.25, 0.3) is 5.91 Å². The Morgan fingerprint density at radius 2 is 1.69 bits per heavy atom. The average molecular weight is 409 g/mol. The normalized spacial score (nSPS) is 10.4. The van der Waals surface area contributed by atoms with Gasteiger partial charge in [0, 0.05) is 25.0 Å². The monoisotopic (exact) mass is 408 g/mol. The molecule has 148 valence electrons. The fraction of sp³-hybridized carbons (Fsp3) is 0.136. The number of hydrogen-bond acceptors (Lipinski definition) is 4. The van der Waals surface area contributed by atoms with E-state index in [1.54, 1.807) is 24.3 Å². The Balaban J connectivity index is 1.61. The van der Waals surface area contributed by atoms with Crippen molar-refractivity contribution in [3.63, 3.8) is 0 Å². The van der Waals surface area contributed by atoms with Crippen LogP contribution in [0.25, 0.3) is 0 Å². The first kappa shape index (κ1) is 20.5. The van der Waals surface area contributed by atoms with Gasteiger partial charge in [0.2, 0.25) is 5.91 Å². The average Bonchev–Trinajstić information content (AvgIpc) is 2.74. The minimum Gasteiger partial charge on any atom is -0.352 e. The van der Waals surface area contributed by atoms with Gasteiger partial charge in [-0.25, -0.2) is 4.98 Å². The first-order valence-electron chi connectivity index (χ1n) is 9.10. The number of anilines is 1. The van der Waals surface area contributed by atoms with Gasteiger partial charge in [-0.1, -0.05) is 54.1 Å². The maximum Gasteiger partial charge on any atom is 0.257 e. The fourth-order valence-electron chi connectivity index (χ4n) is 2.73. The summed E-state index contributed by atoms with van der Waals surface area (Å²) in [5, 5.41) is 6.04. The molecule has 0 fully saturated rings. The highest BCUT2D eigenvalue weighted by Gasteiger charge is 2.12. The number of amides is 2. The van der Waals surface area contributed by atoms with Gasteiger partial charge in [0.15, 0.2) is 0 Å². The minimum absolute atomic E-state index is 0.136. The van der Waals surface area contributed by atoms with E-state index in [-0.39, 0.29) is 18.2 Å². The number of carbonyl (C=O) groups is 2. The number of aromatic nitrogens is 1. The molecule has 0 aliphatic carbocycles. The molecule has 1 aromatic heterocycles. The molecule has 3 aromatic rings. The molecular formula is C22H21ClN4O2. The fourth-order valence-corrected chi connectivity index (χ4v) is 2.84. The molecule has 0 radical (unpaired) electrons. The Bertz CT molecular complexity index is 988. The molecule has 0 unspecified atom stereocenters. The predicted molar refractivity (Wildman–Crippen MR) is 114 cm³/mol. The van der Waals surface area contributed by atoms with E-state index in [0.717, 1.165) is 16.7 Å². The third kappa shape index (κ3) is 5.88. The highest BCUT2D eigenvalue weighted by molar-refractivity contribution is 6.29. The van der Waals surface area contributed by atoms with Crippen molar-refractivity contribution in [1.82, 2.24) is 10.3 Å². The number of halogens is 1. The van der Waals surface area contributed by atoms with Gasteiger partial charge in [-0.15, -0.1) is 0 Å². The Labute approximate surface area is 174 Å². The quantitative estimate of drug-likeness (QED) is 0.522. The summed E-state index contributed by atoms with van der Waals surface area (Å²) in [6, 6.07) is 18.1. The zero-order valence-corrected chi connectivity index (χ0v) is 16.4. The Hall–Kier alpha value is -3.22. The summed E-state index contributed by atoms with van der Waals surface area (Å²) in [5.74, 6) is -0.454. The number of benzene rings is 2. The molecule has 6 nitrogen and oxygen atoms in total. The van der Waals surface area contributed by atoms with E-state index in [0.29, 0.717) is 29.5 Å². The van der Waals surface area contributed by atoms with Crippen molar-refractivity contribution < 1.29 is 9.59 Å². The molecule has 0 saturated carbocycles. The van der Waals surface area contributed by atoms with Gasteiger partial charge in [-0.05, 0) is 34.9 Å². The van der Waals surface area contributed by atoms with Crippen LogP contribution in [-0.2, 0) is 24.3 Å². The van der Waals surface area contributed by atoms with Crippen LogP contribution in [0.1, 0.15) is 27.0 Å². The van der Waals surface area contributed by atoms with Crippen LogP contribution in [0.15, 0.2) is 66.9 Å². The van der Waals surface area contributed by atoms with E-state index < -0.39 is 0 Å². The van der Waals surface area contributed by atoms with Crippen molar-refractivity contribution in [3.8, 4) is 0 Å². The second kappa shape index (κ2) is 9.82. The first-order valence-corrected chi connectivity index (χ1v) is 9.48. The van der Waals surface area contributed by atoms with Crippen molar-refractivity contribution in [2.75, 3.05) is 5.32 Å². The number of pyridine rings is 1. The molecule has 7 heteroatoms. The summed E-state index contributed by atoms with van der Waals surface area (Å²) in [5.41, 5.74) is 9.31. The number of nitrogens with zero attached hydrogens (tertiary/aromatic N) is 1. The van der Waals surface area contributed by atoms with Crippen LogP contribution < -0.4 is 16.4 Å². The number of hydrogen-bond donors (Lipinski definition) is 3. The van der Waals surface area contributed by atoms with Gasteiger partial charge < -0.3 is 16.4 Å². The van der Waals surface area contributed by atoms with Gasteiger partial charge >= 0.3 is 0 Å². The molecule has 4 N–H and O–H groups in total. The molecular weight excluding hydrogens is 388 g/mol. The summed E-state index contributed by atoms with van der Waals surface area (Å²) in [7, 11) is 0. The number of nitrogens with one attached hydrogen (secondary N) is 2. The van der Waals surface area contributed by atoms with Crippen molar-refractivity contribution in [2.45, 2.75) is 19.5 Å². The summed E-state index contributed by atoms with van der Waals surface area (Å²) in [6.07, 6.45) is 1.55. The van der Waals surface area contributed by atoms with Gasteiger partial charge in [0.05, 0.1) is 12.0 Å². The molecule has 0 saturated heterocycles. The van der Waals surface area contributed by atoms with E-state index in [1.165, 1.54) is 6.20 Å². The van der Waals surface area contributed by atoms with Gasteiger partial charge in [0.1, 0.15) is 5.15 Å². The highest BCUT2D eigenvalue weighted by atomic mass is 35.5. The molecule has 3 rings (SSSR count). The molecule has 0 spiro atoms. The summed E-state index contributed by atoms with van der Waals surface area (Å²) < 4.78 is 0. The molecule has 0 atom stereocenters. The van der Waals surface area contributed by atoms with Crippen LogP contribution in [-0.4, -0.2) is 16.8 Å². The lowest BCUT2D eigenvalue weighted by Gasteiger charge is -2.12. The minimum atomic E-state index is -0.318. The molecule has 2 amide bonds. The maximum atomic E-state index is 12.4. The summed E-state index contributed by atoms with van der Waals surface area (Å²) >= 11 is 5.76. The lowest BCUT2D eigenvalue weighted by Crippen LogP contribution is -2.25. The van der Waals surface area contributed by atoms with Crippen LogP contribution in [0.5, 0.6) is 0 Å². The van der Waals surface area contributed by atoms with E-state index in [4.69, 9.17) is 17.3 Å². The largest absolute Gasteiger partial charge is 0.352 e. The van der Waals surface area contributed by atoms with Crippen LogP contribution >= 0.6 is 11.6 Å². The maximum absolute atomic E-state index is 12.4. The van der Waals surface area contributed by atoms with E-state index >= 15 is 0 Å². The molecule has 1 heterocycles. The highest BCUT2D eigenvalue weighted by Crippen LogP contribution is 2.17. The second-order valence-electron chi connectivity index (χ2n) is 6.45. The van der Waals surface area contributed by atoms with Gasteiger partial charge in [-0.2, -0.15) is 0 Å². The lowest BCUT2D eigenvalue weighted by molar-refractivity contribution is -0.120. The third-order valence-electron chi connectivity index (χ3n) is 4.35.